The van der Waals surface area contributed by atoms with E-state index in [1.165, 1.54) is 19.4 Å². The molecule has 0 unspecified atom stereocenters. The standard InChI is InChI=1S/C14H24N2O2S/c1-19-10-14(17)16-5-4-13-12(9-16)15(6-7-18-13)8-11-2-3-11/h11-13H,2-10H2,1H3/t12-,13-/m1/s1. The highest BCUT2D eigenvalue weighted by Gasteiger charge is 2.39. The third kappa shape index (κ3) is 3.26. The highest BCUT2D eigenvalue weighted by Crippen LogP contribution is 2.32. The maximum absolute atomic E-state index is 12.1. The molecular formula is C14H24N2O2S. The molecule has 3 aliphatic rings. The van der Waals surface area contributed by atoms with Crippen molar-refractivity contribution in [3.05, 3.63) is 0 Å². The van der Waals surface area contributed by atoms with Gasteiger partial charge in [0.25, 0.3) is 0 Å². The lowest BCUT2D eigenvalue weighted by molar-refractivity contribution is -0.140. The number of morpholine rings is 1. The van der Waals surface area contributed by atoms with Crippen molar-refractivity contribution in [1.29, 1.82) is 0 Å². The highest BCUT2D eigenvalue weighted by molar-refractivity contribution is 7.99. The minimum atomic E-state index is 0.294. The van der Waals surface area contributed by atoms with Crippen LogP contribution in [-0.4, -0.2) is 72.6 Å². The molecule has 1 amide bonds. The Balaban J connectivity index is 1.61. The topological polar surface area (TPSA) is 32.8 Å². The number of ether oxygens (including phenoxy) is 1. The van der Waals surface area contributed by atoms with E-state index in [-0.39, 0.29) is 0 Å². The predicted octanol–water partition coefficient (Wildman–Crippen LogP) is 1.06. The Labute approximate surface area is 119 Å². The molecule has 0 radical (unpaired) electrons. The Bertz CT molecular complexity index is 335. The van der Waals surface area contributed by atoms with Gasteiger partial charge in [0, 0.05) is 26.2 Å². The van der Waals surface area contributed by atoms with E-state index in [4.69, 9.17) is 4.74 Å². The van der Waals surface area contributed by atoms with Gasteiger partial charge in [0.2, 0.25) is 5.91 Å². The molecule has 0 aromatic heterocycles. The first-order chi connectivity index (χ1) is 9.28. The average Bonchev–Trinajstić information content (AvgIpc) is 3.23. The molecular weight excluding hydrogens is 260 g/mol. The van der Waals surface area contributed by atoms with Crippen molar-refractivity contribution in [2.45, 2.75) is 31.4 Å². The first-order valence-electron chi connectivity index (χ1n) is 7.40. The number of thioether (sulfide) groups is 1. The monoisotopic (exact) mass is 284 g/mol. The summed E-state index contributed by atoms with van der Waals surface area (Å²) in [5, 5.41) is 0. The fraction of sp³-hybridized carbons (Fsp3) is 0.929. The Kier molecular flexibility index (Phi) is 4.34. The molecule has 3 rings (SSSR count). The van der Waals surface area contributed by atoms with E-state index < -0.39 is 0 Å². The maximum Gasteiger partial charge on any atom is 0.232 e. The summed E-state index contributed by atoms with van der Waals surface area (Å²) >= 11 is 1.62. The van der Waals surface area contributed by atoms with Crippen LogP contribution < -0.4 is 0 Å². The van der Waals surface area contributed by atoms with E-state index in [0.717, 1.165) is 38.6 Å². The van der Waals surface area contributed by atoms with Gasteiger partial charge in [-0.1, -0.05) is 0 Å². The lowest BCUT2D eigenvalue weighted by Gasteiger charge is -2.47. The molecule has 2 heterocycles. The molecule has 0 bridgehead atoms. The molecule has 4 nitrogen and oxygen atoms in total. The molecule has 2 aliphatic heterocycles. The Morgan fingerprint density at radius 1 is 1.32 bits per heavy atom. The van der Waals surface area contributed by atoms with Crippen LogP contribution in [-0.2, 0) is 9.53 Å². The van der Waals surface area contributed by atoms with Crippen LogP contribution in [0.2, 0.25) is 0 Å². The van der Waals surface area contributed by atoms with Crippen LogP contribution in [0, 0.1) is 5.92 Å². The van der Waals surface area contributed by atoms with Gasteiger partial charge in [0.1, 0.15) is 0 Å². The second-order valence-corrected chi connectivity index (χ2v) is 6.84. The normalized spacial score (nSPS) is 32.2. The molecule has 0 aromatic carbocycles. The summed E-state index contributed by atoms with van der Waals surface area (Å²) in [4.78, 5) is 16.7. The third-order valence-electron chi connectivity index (χ3n) is 4.51. The van der Waals surface area contributed by atoms with Crippen molar-refractivity contribution >= 4 is 17.7 Å². The van der Waals surface area contributed by atoms with E-state index in [1.807, 2.05) is 11.2 Å². The molecule has 2 saturated heterocycles. The number of carbonyl (C=O) groups excluding carboxylic acids is 1. The zero-order chi connectivity index (χ0) is 13.2. The molecule has 1 saturated carbocycles. The second-order valence-electron chi connectivity index (χ2n) is 5.98. The molecule has 0 N–H and O–H groups in total. The second kappa shape index (κ2) is 6.02. The van der Waals surface area contributed by atoms with Gasteiger partial charge in [0.05, 0.1) is 24.5 Å². The van der Waals surface area contributed by atoms with Gasteiger partial charge in [-0.15, -0.1) is 0 Å². The van der Waals surface area contributed by atoms with Gasteiger partial charge in [-0.2, -0.15) is 11.8 Å². The highest BCUT2D eigenvalue weighted by atomic mass is 32.2. The van der Waals surface area contributed by atoms with Crippen molar-refractivity contribution in [3.63, 3.8) is 0 Å². The Hall–Kier alpha value is -0.260. The SMILES string of the molecule is CSCC(=O)N1CC[C@H]2OCCN(CC3CC3)[C@@H]2C1. The van der Waals surface area contributed by atoms with E-state index in [0.29, 0.717) is 23.8 Å². The zero-order valence-corrected chi connectivity index (χ0v) is 12.5. The fourth-order valence-corrected chi connectivity index (χ4v) is 3.67. The minimum Gasteiger partial charge on any atom is -0.375 e. The molecule has 0 aromatic rings. The van der Waals surface area contributed by atoms with Crippen molar-refractivity contribution in [2.24, 2.45) is 5.92 Å². The van der Waals surface area contributed by atoms with Crippen LogP contribution in [0.1, 0.15) is 19.3 Å². The third-order valence-corrected chi connectivity index (χ3v) is 5.05. The first kappa shape index (κ1) is 13.7. The van der Waals surface area contributed by atoms with Gasteiger partial charge in [-0.05, 0) is 31.4 Å². The van der Waals surface area contributed by atoms with Crippen molar-refractivity contribution in [2.75, 3.05) is 44.8 Å². The number of fused-ring (bicyclic) bond motifs is 1. The lowest BCUT2D eigenvalue weighted by atomic mass is 9.98. The number of rotatable bonds is 4. The number of carbonyl (C=O) groups is 1. The molecule has 1 aliphatic carbocycles. The van der Waals surface area contributed by atoms with E-state index in [9.17, 15) is 4.79 Å². The molecule has 5 heteroatoms. The summed E-state index contributed by atoms with van der Waals surface area (Å²) < 4.78 is 5.92. The van der Waals surface area contributed by atoms with Crippen molar-refractivity contribution < 1.29 is 9.53 Å². The van der Waals surface area contributed by atoms with Crippen LogP contribution in [0.15, 0.2) is 0 Å². The molecule has 3 fully saturated rings. The van der Waals surface area contributed by atoms with Crippen molar-refractivity contribution in [3.8, 4) is 0 Å². The average molecular weight is 284 g/mol. The number of piperidine rings is 1. The summed E-state index contributed by atoms with van der Waals surface area (Å²) in [6.07, 6.45) is 6.14. The number of hydrogen-bond acceptors (Lipinski definition) is 4. The Morgan fingerprint density at radius 2 is 2.16 bits per heavy atom. The van der Waals surface area contributed by atoms with Crippen LogP contribution in [0.4, 0.5) is 0 Å². The molecule has 19 heavy (non-hydrogen) atoms. The fourth-order valence-electron chi connectivity index (χ4n) is 3.24. The van der Waals surface area contributed by atoms with E-state index in [1.54, 1.807) is 11.8 Å². The van der Waals surface area contributed by atoms with E-state index in [2.05, 4.69) is 4.90 Å². The van der Waals surface area contributed by atoms with Crippen LogP contribution >= 0.6 is 11.8 Å². The molecule has 0 spiro atoms. The Morgan fingerprint density at radius 3 is 2.89 bits per heavy atom. The van der Waals surface area contributed by atoms with Crippen LogP contribution in [0.5, 0.6) is 0 Å². The molecule has 108 valence electrons. The first-order valence-corrected chi connectivity index (χ1v) is 8.79. The van der Waals surface area contributed by atoms with E-state index >= 15 is 0 Å². The van der Waals surface area contributed by atoms with Crippen molar-refractivity contribution in [1.82, 2.24) is 9.80 Å². The van der Waals surface area contributed by atoms with Gasteiger partial charge >= 0.3 is 0 Å². The number of likely N-dealkylation sites (tertiary alicyclic amines) is 1. The number of hydrogen-bond donors (Lipinski definition) is 0. The van der Waals surface area contributed by atoms with Gasteiger partial charge < -0.3 is 9.64 Å². The summed E-state index contributed by atoms with van der Waals surface area (Å²) in [6.45, 7) is 4.87. The smallest absolute Gasteiger partial charge is 0.232 e. The maximum atomic E-state index is 12.1. The summed E-state index contributed by atoms with van der Waals surface area (Å²) in [5.74, 6) is 1.82. The summed E-state index contributed by atoms with van der Waals surface area (Å²) in [5.41, 5.74) is 0. The quantitative estimate of drug-likeness (QED) is 0.773. The summed E-state index contributed by atoms with van der Waals surface area (Å²) in [7, 11) is 0. The minimum absolute atomic E-state index is 0.294. The zero-order valence-electron chi connectivity index (χ0n) is 11.7. The number of nitrogens with zero attached hydrogens (tertiary/aromatic N) is 2. The largest absolute Gasteiger partial charge is 0.375 e. The van der Waals surface area contributed by atoms with Crippen LogP contribution in [0.3, 0.4) is 0 Å². The predicted molar refractivity (Wildman–Crippen MR) is 77.4 cm³/mol. The molecule has 2 atom stereocenters. The van der Waals surface area contributed by atoms with Crippen LogP contribution in [0.25, 0.3) is 0 Å². The van der Waals surface area contributed by atoms with Gasteiger partial charge in [0.15, 0.2) is 0 Å². The number of amides is 1. The van der Waals surface area contributed by atoms with Gasteiger partial charge in [-0.3, -0.25) is 9.69 Å². The summed E-state index contributed by atoms with van der Waals surface area (Å²) in [6, 6.07) is 0.439. The van der Waals surface area contributed by atoms with Gasteiger partial charge in [-0.25, -0.2) is 0 Å². The lowest BCUT2D eigenvalue weighted by Crippen LogP contribution is -2.61.